The lowest BCUT2D eigenvalue weighted by molar-refractivity contribution is -0.142. The summed E-state index contributed by atoms with van der Waals surface area (Å²) in [6.07, 6.45) is 4.00. The first-order valence-corrected chi connectivity index (χ1v) is 11.6. The molecule has 7 heteroatoms. The van der Waals surface area contributed by atoms with Gasteiger partial charge >= 0.3 is 0 Å². The minimum Gasteiger partial charge on any atom is -0.497 e. The molecule has 0 aromatic heterocycles. The van der Waals surface area contributed by atoms with Gasteiger partial charge < -0.3 is 19.4 Å². The molecule has 0 radical (unpaired) electrons. The van der Waals surface area contributed by atoms with Crippen molar-refractivity contribution < 1.29 is 19.1 Å². The maximum Gasteiger partial charge on any atom is 0.230 e. The molecule has 1 saturated carbocycles. The largest absolute Gasteiger partial charge is 0.497 e. The first kappa shape index (κ1) is 22.6. The van der Waals surface area contributed by atoms with Crippen molar-refractivity contribution >= 4 is 17.7 Å². The second kappa shape index (κ2) is 8.41. The number of piperidine rings is 1. The Morgan fingerprint density at radius 3 is 2.44 bits per heavy atom. The fraction of sp³-hybridized carbons (Fsp3) is 0.640. The molecule has 4 rings (SSSR count). The fourth-order valence-corrected chi connectivity index (χ4v) is 6.47. The van der Waals surface area contributed by atoms with Gasteiger partial charge in [0.15, 0.2) is 0 Å². The summed E-state index contributed by atoms with van der Waals surface area (Å²) in [4.78, 5) is 44.0. The zero-order valence-electron chi connectivity index (χ0n) is 19.7. The van der Waals surface area contributed by atoms with Gasteiger partial charge in [-0.2, -0.15) is 0 Å². The van der Waals surface area contributed by atoms with Crippen LogP contribution in [0.2, 0.25) is 0 Å². The number of rotatable bonds is 4. The summed E-state index contributed by atoms with van der Waals surface area (Å²) in [5.41, 5.74) is 0.517. The van der Waals surface area contributed by atoms with Crippen LogP contribution in [0.1, 0.15) is 38.2 Å². The van der Waals surface area contributed by atoms with Crippen molar-refractivity contribution in [3.05, 3.63) is 29.8 Å². The van der Waals surface area contributed by atoms with Gasteiger partial charge in [-0.25, -0.2) is 0 Å². The molecule has 3 amide bonds. The maximum atomic E-state index is 13.3. The van der Waals surface area contributed by atoms with Gasteiger partial charge in [-0.3, -0.25) is 14.4 Å². The SMILES string of the molecule is COc1cccc(CC(=O)N2CCC3(CC2)CC[C@]2(C(=O)N(C)C)CN(C(C)=O)C[C@H]32)c1. The molecule has 1 aliphatic carbocycles. The van der Waals surface area contributed by atoms with Crippen molar-refractivity contribution in [2.45, 2.75) is 39.0 Å². The van der Waals surface area contributed by atoms with E-state index in [9.17, 15) is 14.4 Å². The van der Waals surface area contributed by atoms with Crippen LogP contribution in [-0.4, -0.2) is 79.8 Å². The Kier molecular flexibility index (Phi) is 5.94. The van der Waals surface area contributed by atoms with E-state index in [0.717, 1.165) is 37.0 Å². The fourth-order valence-electron chi connectivity index (χ4n) is 6.47. The lowest BCUT2D eigenvalue weighted by Gasteiger charge is -2.44. The van der Waals surface area contributed by atoms with Crippen LogP contribution in [0.5, 0.6) is 5.75 Å². The first-order valence-electron chi connectivity index (χ1n) is 11.6. The van der Waals surface area contributed by atoms with E-state index >= 15 is 0 Å². The molecule has 2 atom stereocenters. The van der Waals surface area contributed by atoms with Crippen LogP contribution < -0.4 is 4.74 Å². The Labute approximate surface area is 190 Å². The number of methoxy groups -OCH3 is 1. The number of fused-ring (bicyclic) bond motifs is 2. The molecule has 3 fully saturated rings. The average Bonchev–Trinajstić information content (AvgIpc) is 3.31. The van der Waals surface area contributed by atoms with Crippen LogP contribution in [0.25, 0.3) is 0 Å². The van der Waals surface area contributed by atoms with Crippen LogP contribution in [0, 0.1) is 16.7 Å². The highest BCUT2D eigenvalue weighted by atomic mass is 16.5. The van der Waals surface area contributed by atoms with Crippen LogP contribution in [0.15, 0.2) is 24.3 Å². The molecule has 1 aromatic carbocycles. The number of nitrogens with zero attached hydrogens (tertiary/aromatic N) is 3. The molecule has 1 spiro atoms. The molecular weight excluding hydrogens is 406 g/mol. The Morgan fingerprint density at radius 1 is 1.09 bits per heavy atom. The zero-order chi connectivity index (χ0) is 23.1. The van der Waals surface area contributed by atoms with Gasteiger partial charge in [-0.1, -0.05) is 12.1 Å². The molecule has 0 bridgehead atoms. The molecular formula is C25H35N3O4. The number of carbonyl (C=O) groups is 3. The highest BCUT2D eigenvalue weighted by Crippen LogP contribution is 2.62. The lowest BCUT2D eigenvalue weighted by Crippen LogP contribution is -2.49. The van der Waals surface area contributed by atoms with Crippen molar-refractivity contribution in [3.8, 4) is 5.75 Å². The third-order valence-electron chi connectivity index (χ3n) is 8.23. The molecule has 32 heavy (non-hydrogen) atoms. The van der Waals surface area contributed by atoms with Gasteiger partial charge in [-0.05, 0) is 54.7 Å². The van der Waals surface area contributed by atoms with Gasteiger partial charge in [0, 0.05) is 47.2 Å². The molecule has 1 aromatic rings. The molecule has 0 unspecified atom stereocenters. The first-order chi connectivity index (χ1) is 15.2. The number of hydrogen-bond donors (Lipinski definition) is 0. The Hall–Kier alpha value is -2.57. The smallest absolute Gasteiger partial charge is 0.230 e. The number of likely N-dealkylation sites (tertiary alicyclic amines) is 2. The number of ether oxygens (including phenoxy) is 1. The Balaban J connectivity index is 1.47. The quantitative estimate of drug-likeness (QED) is 0.718. The minimum atomic E-state index is -0.470. The van der Waals surface area contributed by atoms with E-state index in [0.29, 0.717) is 32.6 Å². The van der Waals surface area contributed by atoms with E-state index in [2.05, 4.69) is 0 Å². The van der Waals surface area contributed by atoms with E-state index in [1.807, 2.05) is 48.2 Å². The Bertz CT molecular complexity index is 906. The molecule has 0 N–H and O–H groups in total. The number of amides is 3. The molecule has 7 nitrogen and oxygen atoms in total. The monoisotopic (exact) mass is 441 g/mol. The molecule has 3 aliphatic rings. The van der Waals surface area contributed by atoms with E-state index in [-0.39, 0.29) is 29.1 Å². The third-order valence-corrected chi connectivity index (χ3v) is 8.23. The van der Waals surface area contributed by atoms with E-state index < -0.39 is 5.41 Å². The van der Waals surface area contributed by atoms with Crippen LogP contribution in [0.4, 0.5) is 0 Å². The summed E-state index contributed by atoms with van der Waals surface area (Å²) >= 11 is 0. The predicted molar refractivity (Wildman–Crippen MR) is 121 cm³/mol. The van der Waals surface area contributed by atoms with Gasteiger partial charge in [-0.15, -0.1) is 0 Å². The molecule has 174 valence electrons. The minimum absolute atomic E-state index is 0.0304. The van der Waals surface area contributed by atoms with Crippen molar-refractivity contribution in [3.63, 3.8) is 0 Å². The van der Waals surface area contributed by atoms with Crippen LogP contribution in [-0.2, 0) is 20.8 Å². The summed E-state index contributed by atoms with van der Waals surface area (Å²) in [5.74, 6) is 1.27. The normalized spacial score (nSPS) is 26.2. The predicted octanol–water partition coefficient (Wildman–Crippen LogP) is 2.19. The summed E-state index contributed by atoms with van der Waals surface area (Å²) in [7, 11) is 5.26. The van der Waals surface area contributed by atoms with Crippen molar-refractivity contribution in [2.75, 3.05) is 47.4 Å². The summed E-state index contributed by atoms with van der Waals surface area (Å²) < 4.78 is 5.27. The van der Waals surface area contributed by atoms with E-state index in [4.69, 9.17) is 4.74 Å². The van der Waals surface area contributed by atoms with Gasteiger partial charge in [0.2, 0.25) is 17.7 Å². The third kappa shape index (κ3) is 3.76. The summed E-state index contributed by atoms with van der Waals surface area (Å²) in [5, 5.41) is 0. The highest BCUT2D eigenvalue weighted by Gasteiger charge is 2.65. The summed E-state index contributed by atoms with van der Waals surface area (Å²) in [6, 6.07) is 7.66. The summed E-state index contributed by atoms with van der Waals surface area (Å²) in [6.45, 7) is 4.22. The van der Waals surface area contributed by atoms with Crippen LogP contribution >= 0.6 is 0 Å². The topological polar surface area (TPSA) is 70.2 Å². The lowest BCUT2D eigenvalue weighted by atomic mass is 9.65. The van der Waals surface area contributed by atoms with Crippen LogP contribution in [0.3, 0.4) is 0 Å². The zero-order valence-corrected chi connectivity index (χ0v) is 19.7. The maximum absolute atomic E-state index is 13.3. The second-order valence-electron chi connectivity index (χ2n) is 10.1. The standard InChI is InChI=1S/C25H35N3O4/c1-18(29)28-16-21-24(8-9-25(21,17-28)23(31)26(2)3)10-12-27(13-11-24)22(30)15-19-6-5-7-20(14-19)32-4/h5-7,14,21H,8-13,15-17H2,1-4H3/t21-,25+/m1/s1. The van der Waals surface area contributed by atoms with Gasteiger partial charge in [0.05, 0.1) is 18.9 Å². The van der Waals surface area contributed by atoms with Crippen molar-refractivity contribution in [2.24, 2.45) is 16.7 Å². The average molecular weight is 442 g/mol. The number of benzene rings is 1. The second-order valence-corrected chi connectivity index (χ2v) is 10.1. The highest BCUT2D eigenvalue weighted by molar-refractivity contribution is 5.86. The molecule has 2 aliphatic heterocycles. The van der Waals surface area contributed by atoms with Gasteiger partial charge in [0.1, 0.15) is 5.75 Å². The molecule has 2 saturated heterocycles. The Morgan fingerprint density at radius 2 is 1.81 bits per heavy atom. The van der Waals surface area contributed by atoms with Crippen molar-refractivity contribution in [1.29, 1.82) is 0 Å². The number of carbonyl (C=O) groups excluding carboxylic acids is 3. The van der Waals surface area contributed by atoms with Gasteiger partial charge in [0.25, 0.3) is 0 Å². The molecule has 2 heterocycles. The number of hydrogen-bond acceptors (Lipinski definition) is 4. The van der Waals surface area contributed by atoms with Crippen molar-refractivity contribution in [1.82, 2.24) is 14.7 Å². The van der Waals surface area contributed by atoms with E-state index in [1.165, 1.54) is 0 Å². The van der Waals surface area contributed by atoms with E-state index in [1.54, 1.807) is 18.9 Å².